The van der Waals surface area contributed by atoms with Gasteiger partial charge in [0.05, 0.1) is 5.69 Å². The molecule has 0 aliphatic heterocycles. The molecule has 0 spiro atoms. The predicted molar refractivity (Wildman–Crippen MR) is 62.3 cm³/mol. The van der Waals surface area contributed by atoms with E-state index in [1.54, 1.807) is 6.20 Å². The van der Waals surface area contributed by atoms with E-state index in [1.165, 1.54) is 5.56 Å². The summed E-state index contributed by atoms with van der Waals surface area (Å²) in [7, 11) is 0. The van der Waals surface area contributed by atoms with Crippen molar-refractivity contribution >= 4 is 0 Å². The average molecular weight is 193 g/mol. The van der Waals surface area contributed by atoms with Crippen molar-refractivity contribution in [3.63, 3.8) is 0 Å². The maximum Gasteiger partial charge on any atom is 0.0705 e. The van der Waals surface area contributed by atoms with Crippen LogP contribution in [0.5, 0.6) is 0 Å². The van der Waals surface area contributed by atoms with Crippen LogP contribution in [0.1, 0.15) is 11.1 Å². The molecule has 2 aromatic rings. The van der Waals surface area contributed by atoms with Crippen molar-refractivity contribution in [1.82, 2.24) is 4.98 Å². The van der Waals surface area contributed by atoms with Crippen LogP contribution in [0.3, 0.4) is 0 Å². The fourth-order valence-electron chi connectivity index (χ4n) is 1.50. The molecule has 1 heteroatoms. The molecule has 0 unspecified atom stereocenters. The van der Waals surface area contributed by atoms with Gasteiger partial charge in [0, 0.05) is 17.3 Å². The molecule has 1 aromatic heterocycles. The summed E-state index contributed by atoms with van der Waals surface area (Å²) in [4.78, 5) is 4.34. The van der Waals surface area contributed by atoms with Crippen LogP contribution >= 0.6 is 0 Å². The standard InChI is InChI=1S/C14H11N/c1-3-12-8-9-14(15-10-12)13-7-5-4-6-11(13)2/h1,4-10H,2H3. The normalized spacial score (nSPS) is 9.60. The summed E-state index contributed by atoms with van der Waals surface area (Å²) >= 11 is 0. The van der Waals surface area contributed by atoms with Crippen molar-refractivity contribution in [3.05, 3.63) is 53.7 Å². The average Bonchev–Trinajstić information content (AvgIpc) is 2.30. The molecule has 2 rings (SSSR count). The van der Waals surface area contributed by atoms with E-state index in [4.69, 9.17) is 6.42 Å². The molecule has 15 heavy (non-hydrogen) atoms. The smallest absolute Gasteiger partial charge is 0.0705 e. The zero-order chi connectivity index (χ0) is 10.7. The van der Waals surface area contributed by atoms with Gasteiger partial charge in [0.25, 0.3) is 0 Å². The van der Waals surface area contributed by atoms with E-state index in [0.717, 1.165) is 16.8 Å². The van der Waals surface area contributed by atoms with Crippen LogP contribution in [0.15, 0.2) is 42.6 Å². The van der Waals surface area contributed by atoms with Gasteiger partial charge in [0.1, 0.15) is 0 Å². The van der Waals surface area contributed by atoms with Gasteiger partial charge in [-0.2, -0.15) is 0 Å². The Morgan fingerprint density at radius 2 is 1.93 bits per heavy atom. The summed E-state index contributed by atoms with van der Waals surface area (Å²) in [6.07, 6.45) is 7.00. The van der Waals surface area contributed by atoms with Crippen molar-refractivity contribution in [1.29, 1.82) is 0 Å². The van der Waals surface area contributed by atoms with Crippen LogP contribution in [-0.2, 0) is 0 Å². The summed E-state index contributed by atoms with van der Waals surface area (Å²) in [5.41, 5.74) is 4.15. The Morgan fingerprint density at radius 1 is 1.13 bits per heavy atom. The lowest BCUT2D eigenvalue weighted by atomic mass is 10.1. The van der Waals surface area contributed by atoms with Crippen LogP contribution in [0.4, 0.5) is 0 Å². The van der Waals surface area contributed by atoms with Gasteiger partial charge < -0.3 is 0 Å². The summed E-state index contributed by atoms with van der Waals surface area (Å²) in [6.45, 7) is 2.08. The predicted octanol–water partition coefficient (Wildman–Crippen LogP) is 3.04. The number of hydrogen-bond acceptors (Lipinski definition) is 1. The van der Waals surface area contributed by atoms with E-state index < -0.39 is 0 Å². The highest BCUT2D eigenvalue weighted by atomic mass is 14.7. The van der Waals surface area contributed by atoms with Gasteiger partial charge in [0.15, 0.2) is 0 Å². The van der Waals surface area contributed by atoms with E-state index in [2.05, 4.69) is 30.0 Å². The lowest BCUT2D eigenvalue weighted by Gasteiger charge is -2.04. The van der Waals surface area contributed by atoms with Crippen LogP contribution in [0, 0.1) is 19.3 Å². The Hall–Kier alpha value is -2.07. The van der Waals surface area contributed by atoms with Crippen LogP contribution in [0.25, 0.3) is 11.3 Å². The van der Waals surface area contributed by atoms with E-state index in [1.807, 2.05) is 24.3 Å². The third-order valence-electron chi connectivity index (χ3n) is 2.35. The number of rotatable bonds is 1. The second kappa shape index (κ2) is 3.98. The maximum atomic E-state index is 5.28. The van der Waals surface area contributed by atoms with Crippen molar-refractivity contribution in [2.24, 2.45) is 0 Å². The number of terminal acetylenes is 1. The number of hydrogen-bond donors (Lipinski definition) is 0. The highest BCUT2D eigenvalue weighted by Gasteiger charge is 2.01. The molecule has 0 saturated heterocycles. The third kappa shape index (κ3) is 1.89. The van der Waals surface area contributed by atoms with Gasteiger partial charge in [-0.15, -0.1) is 6.42 Å². The lowest BCUT2D eigenvalue weighted by Crippen LogP contribution is -1.87. The SMILES string of the molecule is C#Cc1ccc(-c2ccccc2C)nc1. The summed E-state index contributed by atoms with van der Waals surface area (Å²) in [5, 5.41) is 0. The highest BCUT2D eigenvalue weighted by molar-refractivity contribution is 5.63. The Balaban J connectivity index is 2.47. The number of aromatic nitrogens is 1. The first-order valence-corrected chi connectivity index (χ1v) is 4.80. The Labute approximate surface area is 89.8 Å². The number of nitrogens with zero attached hydrogens (tertiary/aromatic N) is 1. The fraction of sp³-hybridized carbons (Fsp3) is 0.0714. The molecule has 0 aliphatic carbocycles. The Bertz CT molecular complexity index is 504. The van der Waals surface area contributed by atoms with E-state index in [0.29, 0.717) is 0 Å². The topological polar surface area (TPSA) is 12.9 Å². The lowest BCUT2D eigenvalue weighted by molar-refractivity contribution is 1.29. The van der Waals surface area contributed by atoms with Crippen molar-refractivity contribution in [2.75, 3.05) is 0 Å². The van der Waals surface area contributed by atoms with Gasteiger partial charge in [-0.25, -0.2) is 0 Å². The van der Waals surface area contributed by atoms with E-state index in [-0.39, 0.29) is 0 Å². The minimum Gasteiger partial charge on any atom is -0.255 e. The molecule has 0 radical (unpaired) electrons. The third-order valence-corrected chi connectivity index (χ3v) is 2.35. The van der Waals surface area contributed by atoms with E-state index >= 15 is 0 Å². The molecule has 0 atom stereocenters. The van der Waals surface area contributed by atoms with Gasteiger partial charge in [-0.1, -0.05) is 30.2 Å². The number of benzene rings is 1. The molecule has 0 amide bonds. The van der Waals surface area contributed by atoms with Crippen molar-refractivity contribution in [2.45, 2.75) is 6.92 Å². The van der Waals surface area contributed by atoms with Crippen LogP contribution in [0.2, 0.25) is 0 Å². The first-order valence-electron chi connectivity index (χ1n) is 4.80. The second-order valence-electron chi connectivity index (χ2n) is 3.39. The minimum absolute atomic E-state index is 0.812. The molecule has 72 valence electrons. The molecular formula is C14H11N. The molecular weight excluding hydrogens is 182 g/mol. The molecule has 1 nitrogen and oxygen atoms in total. The second-order valence-corrected chi connectivity index (χ2v) is 3.39. The Morgan fingerprint density at radius 3 is 2.53 bits per heavy atom. The number of pyridine rings is 1. The summed E-state index contributed by atoms with van der Waals surface area (Å²) < 4.78 is 0. The van der Waals surface area contributed by atoms with Gasteiger partial charge in [-0.3, -0.25) is 4.98 Å². The zero-order valence-electron chi connectivity index (χ0n) is 8.57. The molecule has 0 fully saturated rings. The van der Waals surface area contributed by atoms with Gasteiger partial charge in [-0.05, 0) is 24.6 Å². The maximum absolute atomic E-state index is 5.28. The van der Waals surface area contributed by atoms with Crippen molar-refractivity contribution in [3.8, 4) is 23.6 Å². The fourth-order valence-corrected chi connectivity index (χ4v) is 1.50. The largest absolute Gasteiger partial charge is 0.255 e. The summed E-state index contributed by atoms with van der Waals surface area (Å²) in [6, 6.07) is 12.0. The van der Waals surface area contributed by atoms with Crippen LogP contribution in [-0.4, -0.2) is 4.98 Å². The Kier molecular flexibility index (Phi) is 2.51. The first-order chi connectivity index (χ1) is 7.31. The zero-order valence-corrected chi connectivity index (χ0v) is 8.57. The first kappa shape index (κ1) is 9.48. The van der Waals surface area contributed by atoms with Crippen molar-refractivity contribution < 1.29 is 0 Å². The molecule has 1 heterocycles. The molecule has 0 N–H and O–H groups in total. The molecule has 0 aliphatic rings. The summed E-state index contributed by atoms with van der Waals surface area (Å²) in [5.74, 6) is 2.56. The van der Waals surface area contributed by atoms with E-state index in [9.17, 15) is 0 Å². The van der Waals surface area contributed by atoms with Gasteiger partial charge >= 0.3 is 0 Å². The quantitative estimate of drug-likeness (QED) is 0.634. The highest BCUT2D eigenvalue weighted by Crippen LogP contribution is 2.20. The molecule has 1 aromatic carbocycles. The molecule has 0 saturated carbocycles. The van der Waals surface area contributed by atoms with Gasteiger partial charge in [0.2, 0.25) is 0 Å². The minimum atomic E-state index is 0.812. The number of aryl methyl sites for hydroxylation is 1. The molecule has 0 bridgehead atoms. The monoisotopic (exact) mass is 193 g/mol. The van der Waals surface area contributed by atoms with Crippen LogP contribution < -0.4 is 0 Å².